The van der Waals surface area contributed by atoms with E-state index in [0.29, 0.717) is 6.42 Å². The highest BCUT2D eigenvalue weighted by Gasteiger charge is 2.04. The van der Waals surface area contributed by atoms with Crippen LogP contribution in [-0.4, -0.2) is 13.1 Å². The fourth-order valence-electron chi connectivity index (χ4n) is 1.04. The predicted octanol–water partition coefficient (Wildman–Crippen LogP) is 2.58. The van der Waals surface area contributed by atoms with E-state index >= 15 is 0 Å². The van der Waals surface area contributed by atoms with Crippen LogP contribution >= 0.6 is 11.6 Å². The minimum atomic E-state index is -0.464. The molecule has 14 heavy (non-hydrogen) atoms. The van der Waals surface area contributed by atoms with Crippen molar-refractivity contribution in [3.05, 3.63) is 34.6 Å². The molecule has 0 amide bonds. The van der Waals surface area contributed by atoms with E-state index in [1.54, 1.807) is 6.07 Å². The quantitative estimate of drug-likeness (QED) is 0.726. The molecule has 4 heteroatoms. The smallest absolute Gasteiger partial charge is 0.305 e. The first-order valence-electron chi connectivity index (χ1n) is 4.14. The first-order valence-corrected chi connectivity index (χ1v) is 4.52. The molecule has 2 nitrogen and oxygen atoms in total. The van der Waals surface area contributed by atoms with E-state index in [2.05, 4.69) is 4.74 Å². The van der Waals surface area contributed by atoms with E-state index in [1.165, 1.54) is 19.2 Å². The zero-order valence-corrected chi connectivity index (χ0v) is 8.47. The van der Waals surface area contributed by atoms with Gasteiger partial charge in [0.1, 0.15) is 5.82 Å². The van der Waals surface area contributed by atoms with Crippen molar-refractivity contribution in [2.75, 3.05) is 7.11 Å². The number of ether oxygens (including phenoxy) is 1. The molecule has 0 heterocycles. The van der Waals surface area contributed by atoms with Crippen LogP contribution < -0.4 is 0 Å². The summed E-state index contributed by atoms with van der Waals surface area (Å²) in [4.78, 5) is 10.8. The van der Waals surface area contributed by atoms with Crippen LogP contribution in [0.25, 0.3) is 0 Å². The van der Waals surface area contributed by atoms with E-state index in [0.717, 1.165) is 5.56 Å². The van der Waals surface area contributed by atoms with Crippen molar-refractivity contribution >= 4 is 17.6 Å². The summed E-state index contributed by atoms with van der Waals surface area (Å²) in [7, 11) is 1.32. The van der Waals surface area contributed by atoms with Crippen LogP contribution in [-0.2, 0) is 16.0 Å². The number of hydrogen-bond donors (Lipinski definition) is 0. The molecule has 0 N–H and O–H groups in total. The van der Waals surface area contributed by atoms with Gasteiger partial charge in [-0.3, -0.25) is 4.79 Å². The van der Waals surface area contributed by atoms with Gasteiger partial charge in [-0.15, -0.1) is 0 Å². The van der Waals surface area contributed by atoms with Gasteiger partial charge in [0.05, 0.1) is 12.1 Å². The van der Waals surface area contributed by atoms with Crippen LogP contribution in [0.3, 0.4) is 0 Å². The van der Waals surface area contributed by atoms with Crippen molar-refractivity contribution in [3.63, 3.8) is 0 Å². The highest BCUT2D eigenvalue weighted by Crippen LogP contribution is 2.16. The average Bonchev–Trinajstić information content (AvgIpc) is 2.19. The molecule has 0 spiro atoms. The molecule has 0 saturated heterocycles. The van der Waals surface area contributed by atoms with Gasteiger partial charge in [0.15, 0.2) is 0 Å². The number of hydrogen-bond acceptors (Lipinski definition) is 2. The predicted molar refractivity (Wildman–Crippen MR) is 51.7 cm³/mol. The second kappa shape index (κ2) is 4.96. The number of carbonyl (C=O) groups is 1. The lowest BCUT2D eigenvalue weighted by Gasteiger charge is -2.01. The zero-order chi connectivity index (χ0) is 10.6. The molecule has 1 rings (SSSR count). The van der Waals surface area contributed by atoms with Gasteiger partial charge in [0.25, 0.3) is 0 Å². The van der Waals surface area contributed by atoms with E-state index in [4.69, 9.17) is 11.6 Å². The lowest BCUT2D eigenvalue weighted by Crippen LogP contribution is -2.01. The molecule has 1 aromatic rings. The Balaban J connectivity index is 2.60. The highest BCUT2D eigenvalue weighted by molar-refractivity contribution is 6.30. The van der Waals surface area contributed by atoms with Crippen molar-refractivity contribution in [3.8, 4) is 0 Å². The second-order valence-electron chi connectivity index (χ2n) is 2.82. The maximum atomic E-state index is 12.9. The first kappa shape index (κ1) is 11.0. The van der Waals surface area contributed by atoms with E-state index in [1.807, 2.05) is 0 Å². The fourth-order valence-corrected chi connectivity index (χ4v) is 1.16. The summed E-state index contributed by atoms with van der Waals surface area (Å²) >= 11 is 5.50. The first-order chi connectivity index (χ1) is 6.63. The number of aryl methyl sites for hydroxylation is 1. The van der Waals surface area contributed by atoms with Gasteiger partial charge in [0, 0.05) is 6.42 Å². The Morgan fingerprint density at radius 3 is 2.86 bits per heavy atom. The summed E-state index contributed by atoms with van der Waals surface area (Å²) < 4.78 is 17.4. The Hall–Kier alpha value is -1.09. The zero-order valence-electron chi connectivity index (χ0n) is 7.72. The van der Waals surface area contributed by atoms with Crippen molar-refractivity contribution in [1.29, 1.82) is 0 Å². The molecule has 0 atom stereocenters. The van der Waals surface area contributed by atoms with Gasteiger partial charge in [-0.1, -0.05) is 17.7 Å². The maximum absolute atomic E-state index is 12.9. The molecule has 76 valence electrons. The molecule has 1 aromatic carbocycles. The summed E-state index contributed by atoms with van der Waals surface area (Å²) in [5, 5.41) is 0.0896. The average molecular weight is 217 g/mol. The summed E-state index contributed by atoms with van der Waals surface area (Å²) in [6.45, 7) is 0. The van der Waals surface area contributed by atoms with Gasteiger partial charge in [-0.25, -0.2) is 4.39 Å². The number of halogens is 2. The maximum Gasteiger partial charge on any atom is 0.305 e. The normalized spacial score (nSPS) is 9.93. The molecular weight excluding hydrogens is 207 g/mol. The highest BCUT2D eigenvalue weighted by atomic mass is 35.5. The molecule has 0 aliphatic carbocycles. The molecule has 0 unspecified atom stereocenters. The van der Waals surface area contributed by atoms with Crippen LogP contribution in [0.2, 0.25) is 5.02 Å². The monoisotopic (exact) mass is 216 g/mol. The minimum Gasteiger partial charge on any atom is -0.469 e. The molecular formula is C10H10ClFO2. The Morgan fingerprint density at radius 2 is 2.29 bits per heavy atom. The third-order valence-electron chi connectivity index (χ3n) is 1.83. The molecule has 0 aliphatic rings. The fraction of sp³-hybridized carbons (Fsp3) is 0.300. The van der Waals surface area contributed by atoms with Crippen LogP contribution in [0.1, 0.15) is 12.0 Å². The van der Waals surface area contributed by atoms with E-state index < -0.39 is 5.82 Å². The number of benzene rings is 1. The van der Waals surface area contributed by atoms with Crippen molar-refractivity contribution in [1.82, 2.24) is 0 Å². The van der Waals surface area contributed by atoms with Gasteiger partial charge < -0.3 is 4.74 Å². The second-order valence-corrected chi connectivity index (χ2v) is 3.23. The summed E-state index contributed by atoms with van der Waals surface area (Å²) in [6.07, 6.45) is 0.707. The van der Waals surface area contributed by atoms with Crippen molar-refractivity contribution < 1.29 is 13.9 Å². The Morgan fingerprint density at radius 1 is 1.57 bits per heavy atom. The van der Waals surface area contributed by atoms with Crippen molar-refractivity contribution in [2.45, 2.75) is 12.8 Å². The van der Waals surface area contributed by atoms with Gasteiger partial charge in [0.2, 0.25) is 0 Å². The third kappa shape index (κ3) is 3.00. The summed E-state index contributed by atoms with van der Waals surface area (Å²) in [6, 6.07) is 4.49. The molecule has 0 bridgehead atoms. The van der Waals surface area contributed by atoms with Gasteiger partial charge in [-0.2, -0.15) is 0 Å². The number of esters is 1. The van der Waals surface area contributed by atoms with Gasteiger partial charge >= 0.3 is 5.97 Å². The Bertz CT molecular complexity index is 339. The molecule has 0 saturated carbocycles. The topological polar surface area (TPSA) is 26.3 Å². The minimum absolute atomic E-state index is 0.0896. The Labute approximate surface area is 86.6 Å². The van der Waals surface area contributed by atoms with Crippen LogP contribution in [0.15, 0.2) is 18.2 Å². The van der Waals surface area contributed by atoms with Crippen LogP contribution in [0.5, 0.6) is 0 Å². The van der Waals surface area contributed by atoms with Crippen LogP contribution in [0.4, 0.5) is 4.39 Å². The van der Waals surface area contributed by atoms with Crippen LogP contribution in [0, 0.1) is 5.82 Å². The van der Waals surface area contributed by atoms with E-state index in [-0.39, 0.29) is 17.4 Å². The summed E-state index contributed by atoms with van der Waals surface area (Å²) in [5.41, 5.74) is 0.734. The van der Waals surface area contributed by atoms with Crippen molar-refractivity contribution in [2.24, 2.45) is 0 Å². The summed E-state index contributed by atoms with van der Waals surface area (Å²) in [5.74, 6) is -0.769. The van der Waals surface area contributed by atoms with E-state index in [9.17, 15) is 9.18 Å². The standard InChI is InChI=1S/C10H10ClFO2/c1-14-10(13)5-3-7-2-4-8(11)9(12)6-7/h2,4,6H,3,5H2,1H3. The number of methoxy groups -OCH3 is 1. The number of rotatable bonds is 3. The third-order valence-corrected chi connectivity index (χ3v) is 2.14. The Kier molecular flexibility index (Phi) is 3.89. The SMILES string of the molecule is COC(=O)CCc1ccc(Cl)c(F)c1. The van der Waals surface area contributed by atoms with Gasteiger partial charge in [-0.05, 0) is 24.1 Å². The molecule has 0 aromatic heterocycles. The largest absolute Gasteiger partial charge is 0.469 e. The lowest BCUT2D eigenvalue weighted by molar-refractivity contribution is -0.140. The lowest BCUT2D eigenvalue weighted by atomic mass is 10.1. The number of carbonyl (C=O) groups excluding carboxylic acids is 1. The molecule has 0 fully saturated rings. The molecule has 0 radical (unpaired) electrons. The molecule has 0 aliphatic heterocycles.